The summed E-state index contributed by atoms with van der Waals surface area (Å²) in [6, 6.07) is 10.2. The van der Waals surface area contributed by atoms with Crippen LogP contribution in [0.3, 0.4) is 0 Å². The summed E-state index contributed by atoms with van der Waals surface area (Å²) in [4.78, 5) is 12.0. The molecule has 0 aliphatic heterocycles. The number of Topliss-reactive ketones (excluding diaryl/α,β-unsaturated/α-hetero) is 1. The largest absolute Gasteiger partial charge is 0.299 e. The molecule has 0 amide bonds. The van der Waals surface area contributed by atoms with Crippen LogP contribution in [-0.2, 0) is 24.7 Å². The molecule has 106 valence electrons. The number of nitrogens with zero attached hydrogens (tertiary/aromatic N) is 2. The fourth-order valence-corrected chi connectivity index (χ4v) is 2.51. The molecule has 1 heterocycles. The summed E-state index contributed by atoms with van der Waals surface area (Å²) in [7, 11) is 1.82. The maximum atomic E-state index is 12.0. The highest BCUT2D eigenvalue weighted by Crippen LogP contribution is 2.20. The highest BCUT2D eigenvalue weighted by Gasteiger charge is 2.14. The van der Waals surface area contributed by atoms with Gasteiger partial charge in [-0.25, -0.2) is 0 Å². The zero-order valence-electron chi connectivity index (χ0n) is 11.9. The van der Waals surface area contributed by atoms with Crippen LogP contribution in [0.2, 0.25) is 5.02 Å². The molecule has 4 heteroatoms. The second-order valence-electron chi connectivity index (χ2n) is 5.02. The minimum Gasteiger partial charge on any atom is -0.299 e. The third kappa shape index (κ3) is 3.70. The number of hydrogen-bond acceptors (Lipinski definition) is 2. The molecule has 0 saturated heterocycles. The van der Waals surface area contributed by atoms with E-state index in [4.69, 9.17) is 11.6 Å². The number of aryl methyl sites for hydroxylation is 3. The first-order valence-corrected chi connectivity index (χ1v) is 7.19. The predicted octanol–water partition coefficient (Wildman–Crippen LogP) is 3.52. The number of ketones is 1. The van der Waals surface area contributed by atoms with Crippen molar-refractivity contribution >= 4 is 17.4 Å². The molecule has 0 aliphatic rings. The van der Waals surface area contributed by atoms with E-state index in [1.54, 1.807) is 4.68 Å². The second-order valence-corrected chi connectivity index (χ2v) is 5.40. The Morgan fingerprint density at radius 1 is 1.30 bits per heavy atom. The molecule has 0 saturated carbocycles. The summed E-state index contributed by atoms with van der Waals surface area (Å²) < 4.78 is 1.70. The summed E-state index contributed by atoms with van der Waals surface area (Å²) >= 11 is 6.15. The first-order valence-electron chi connectivity index (χ1n) is 6.81. The first-order chi connectivity index (χ1) is 9.58. The third-order valence-corrected chi connectivity index (χ3v) is 3.88. The number of halogens is 1. The van der Waals surface area contributed by atoms with Crippen LogP contribution in [0.1, 0.15) is 29.8 Å². The van der Waals surface area contributed by atoms with Gasteiger partial charge in [-0.05, 0) is 25.3 Å². The van der Waals surface area contributed by atoms with Crippen LogP contribution >= 0.6 is 11.6 Å². The minimum absolute atomic E-state index is 0.214. The second kappa shape index (κ2) is 6.71. The number of hydrogen-bond donors (Lipinski definition) is 0. The Balaban J connectivity index is 1.84. The number of carbonyl (C=O) groups is 1. The maximum Gasteiger partial charge on any atom is 0.138 e. The van der Waals surface area contributed by atoms with Crippen LogP contribution in [0.15, 0.2) is 30.3 Å². The van der Waals surface area contributed by atoms with Crippen LogP contribution in [0.5, 0.6) is 0 Å². The smallest absolute Gasteiger partial charge is 0.138 e. The van der Waals surface area contributed by atoms with Crippen molar-refractivity contribution in [3.05, 3.63) is 52.3 Å². The number of rotatable bonds is 6. The van der Waals surface area contributed by atoms with Gasteiger partial charge in [0.25, 0.3) is 0 Å². The Morgan fingerprint density at radius 2 is 2.00 bits per heavy atom. The normalized spacial score (nSPS) is 10.8. The van der Waals surface area contributed by atoms with Crippen molar-refractivity contribution in [1.82, 2.24) is 9.78 Å². The Hall–Kier alpha value is -1.61. The van der Waals surface area contributed by atoms with Crippen molar-refractivity contribution in [2.24, 2.45) is 7.05 Å². The van der Waals surface area contributed by atoms with Crippen molar-refractivity contribution in [3.8, 4) is 0 Å². The van der Waals surface area contributed by atoms with Crippen molar-refractivity contribution < 1.29 is 4.79 Å². The average Bonchev–Trinajstić information content (AvgIpc) is 2.67. The van der Waals surface area contributed by atoms with Crippen molar-refractivity contribution in [3.63, 3.8) is 0 Å². The van der Waals surface area contributed by atoms with Gasteiger partial charge in [-0.2, -0.15) is 5.10 Å². The topological polar surface area (TPSA) is 34.9 Å². The average molecular weight is 291 g/mol. The lowest BCUT2D eigenvalue weighted by Gasteiger charge is -2.03. The standard InChI is InChI=1S/C16H19ClN2O/c1-12-16(17)15(19(2)18-12)11-14(20)10-6-9-13-7-4-3-5-8-13/h3-5,7-8H,6,9-11H2,1-2H3. The molecule has 2 rings (SSSR count). The van der Waals surface area contributed by atoms with E-state index in [2.05, 4.69) is 17.2 Å². The van der Waals surface area contributed by atoms with Gasteiger partial charge in [0.1, 0.15) is 5.78 Å². The molecule has 0 N–H and O–H groups in total. The van der Waals surface area contributed by atoms with Gasteiger partial charge in [0, 0.05) is 19.9 Å². The molecule has 0 bridgehead atoms. The molecule has 1 aromatic heterocycles. The highest BCUT2D eigenvalue weighted by atomic mass is 35.5. The van der Waals surface area contributed by atoms with Gasteiger partial charge in [-0.1, -0.05) is 41.9 Å². The summed E-state index contributed by atoms with van der Waals surface area (Å²) in [5, 5.41) is 4.84. The van der Waals surface area contributed by atoms with Gasteiger partial charge in [0.05, 0.1) is 16.4 Å². The van der Waals surface area contributed by atoms with Crippen molar-refractivity contribution in [2.75, 3.05) is 0 Å². The van der Waals surface area contributed by atoms with Crippen LogP contribution in [-0.4, -0.2) is 15.6 Å². The van der Waals surface area contributed by atoms with Gasteiger partial charge < -0.3 is 0 Å². The Labute approximate surface area is 124 Å². The lowest BCUT2D eigenvalue weighted by molar-refractivity contribution is -0.118. The van der Waals surface area contributed by atoms with Gasteiger partial charge >= 0.3 is 0 Å². The molecule has 0 atom stereocenters. The lowest BCUT2D eigenvalue weighted by atomic mass is 10.0. The van der Waals surface area contributed by atoms with E-state index in [1.165, 1.54) is 5.56 Å². The summed E-state index contributed by atoms with van der Waals surface area (Å²) in [6.45, 7) is 1.85. The van der Waals surface area contributed by atoms with E-state index in [0.29, 0.717) is 17.9 Å². The maximum absolute atomic E-state index is 12.0. The molecule has 0 unspecified atom stereocenters. The Morgan fingerprint density at radius 3 is 2.60 bits per heavy atom. The number of benzene rings is 1. The Bertz CT molecular complexity index is 590. The molecule has 0 radical (unpaired) electrons. The molecule has 20 heavy (non-hydrogen) atoms. The van der Waals surface area contributed by atoms with E-state index in [-0.39, 0.29) is 5.78 Å². The lowest BCUT2D eigenvalue weighted by Crippen LogP contribution is -2.08. The van der Waals surface area contributed by atoms with Crippen LogP contribution in [0.4, 0.5) is 0 Å². The van der Waals surface area contributed by atoms with Crippen LogP contribution in [0.25, 0.3) is 0 Å². The van der Waals surface area contributed by atoms with Gasteiger partial charge in [0.2, 0.25) is 0 Å². The van der Waals surface area contributed by atoms with Crippen LogP contribution in [0, 0.1) is 6.92 Å². The zero-order chi connectivity index (χ0) is 14.5. The van der Waals surface area contributed by atoms with Gasteiger partial charge in [-0.3, -0.25) is 9.48 Å². The van der Waals surface area contributed by atoms with Gasteiger partial charge in [-0.15, -0.1) is 0 Å². The fourth-order valence-electron chi connectivity index (χ4n) is 2.28. The van der Waals surface area contributed by atoms with E-state index in [9.17, 15) is 4.79 Å². The molecular formula is C16H19ClN2O. The summed E-state index contributed by atoms with van der Waals surface area (Å²) in [5.74, 6) is 0.214. The summed E-state index contributed by atoms with van der Waals surface area (Å²) in [6.07, 6.45) is 2.75. The van der Waals surface area contributed by atoms with E-state index >= 15 is 0 Å². The SMILES string of the molecule is Cc1nn(C)c(CC(=O)CCCc2ccccc2)c1Cl. The predicted molar refractivity (Wildman–Crippen MR) is 81.0 cm³/mol. The minimum atomic E-state index is 0.214. The molecule has 0 fully saturated rings. The van der Waals surface area contributed by atoms with Crippen molar-refractivity contribution in [1.29, 1.82) is 0 Å². The van der Waals surface area contributed by atoms with E-state index < -0.39 is 0 Å². The molecule has 0 aliphatic carbocycles. The fraction of sp³-hybridized carbons (Fsp3) is 0.375. The van der Waals surface area contributed by atoms with Gasteiger partial charge in [0.15, 0.2) is 0 Å². The monoisotopic (exact) mass is 290 g/mol. The van der Waals surface area contributed by atoms with E-state index in [0.717, 1.165) is 24.2 Å². The third-order valence-electron chi connectivity index (χ3n) is 3.39. The Kier molecular flexibility index (Phi) is 4.96. The number of carbonyl (C=O) groups excluding carboxylic acids is 1. The van der Waals surface area contributed by atoms with Crippen LogP contribution < -0.4 is 0 Å². The molecule has 0 spiro atoms. The molecule has 3 nitrogen and oxygen atoms in total. The molecular weight excluding hydrogens is 272 g/mol. The van der Waals surface area contributed by atoms with E-state index in [1.807, 2.05) is 32.2 Å². The quantitative estimate of drug-likeness (QED) is 0.816. The highest BCUT2D eigenvalue weighted by molar-refractivity contribution is 6.32. The summed E-state index contributed by atoms with van der Waals surface area (Å²) in [5.41, 5.74) is 2.87. The number of aromatic nitrogens is 2. The van der Waals surface area contributed by atoms with Crippen molar-refractivity contribution in [2.45, 2.75) is 32.6 Å². The molecule has 2 aromatic rings. The molecule has 1 aromatic carbocycles. The first kappa shape index (κ1) is 14.8. The zero-order valence-corrected chi connectivity index (χ0v) is 12.7.